The van der Waals surface area contributed by atoms with Crippen LogP contribution in [0.25, 0.3) is 0 Å². The van der Waals surface area contributed by atoms with Gasteiger partial charge in [-0.05, 0) is 25.7 Å². The number of aromatic nitrogens is 2. The van der Waals surface area contributed by atoms with E-state index in [1.54, 1.807) is 6.07 Å². The van der Waals surface area contributed by atoms with E-state index in [0.29, 0.717) is 0 Å². The van der Waals surface area contributed by atoms with Gasteiger partial charge in [-0.3, -0.25) is 4.79 Å². The van der Waals surface area contributed by atoms with E-state index in [1.165, 1.54) is 32.1 Å². The topological polar surface area (TPSA) is 45.8 Å². The summed E-state index contributed by atoms with van der Waals surface area (Å²) in [7, 11) is 0. The molecule has 0 radical (unpaired) electrons. The molecule has 0 aromatic carbocycles. The van der Waals surface area contributed by atoms with Crippen LogP contribution in [0.15, 0.2) is 10.9 Å². The van der Waals surface area contributed by atoms with Gasteiger partial charge < -0.3 is 4.98 Å². The fraction of sp³-hybridized carbons (Fsp3) is 0.667. The highest BCUT2D eigenvalue weighted by atomic mass is 16.1. The minimum atomic E-state index is -0.0241. The number of hydrogen-bond acceptors (Lipinski definition) is 2. The molecule has 1 aliphatic rings. The number of nitrogens with one attached hydrogen (secondary N) is 1. The van der Waals surface area contributed by atoms with Crippen molar-refractivity contribution in [3.8, 4) is 0 Å². The molecule has 3 nitrogen and oxygen atoms in total. The average Bonchev–Trinajstić information content (AvgIpc) is 2.65. The monoisotopic (exact) mass is 206 g/mol. The van der Waals surface area contributed by atoms with E-state index in [9.17, 15) is 4.79 Å². The lowest BCUT2D eigenvalue weighted by molar-refractivity contribution is 0.500. The molecule has 1 aromatic rings. The molecule has 1 saturated carbocycles. The summed E-state index contributed by atoms with van der Waals surface area (Å²) in [5, 5.41) is 0. The number of H-pyrrole nitrogens is 1. The fourth-order valence-electron chi connectivity index (χ4n) is 2.42. The first-order valence-corrected chi connectivity index (χ1v) is 5.81. The van der Waals surface area contributed by atoms with Crippen molar-refractivity contribution in [3.63, 3.8) is 0 Å². The number of rotatable bonds is 3. The Labute approximate surface area is 89.9 Å². The summed E-state index contributed by atoms with van der Waals surface area (Å²) < 4.78 is 0. The van der Waals surface area contributed by atoms with E-state index in [0.717, 1.165) is 23.9 Å². The molecule has 82 valence electrons. The second-order valence-corrected chi connectivity index (χ2v) is 4.51. The zero-order chi connectivity index (χ0) is 10.7. The molecule has 1 aromatic heterocycles. The zero-order valence-electron chi connectivity index (χ0n) is 9.25. The molecule has 1 heterocycles. The van der Waals surface area contributed by atoms with Gasteiger partial charge >= 0.3 is 0 Å². The van der Waals surface area contributed by atoms with Crippen LogP contribution in [0, 0.1) is 12.8 Å². The van der Waals surface area contributed by atoms with Gasteiger partial charge in [0.25, 0.3) is 5.56 Å². The Hall–Kier alpha value is -1.12. The van der Waals surface area contributed by atoms with Crippen molar-refractivity contribution in [1.82, 2.24) is 9.97 Å². The Morgan fingerprint density at radius 3 is 2.87 bits per heavy atom. The van der Waals surface area contributed by atoms with Crippen molar-refractivity contribution < 1.29 is 0 Å². The van der Waals surface area contributed by atoms with Gasteiger partial charge in [-0.1, -0.05) is 25.7 Å². The molecule has 0 bridgehead atoms. The van der Waals surface area contributed by atoms with E-state index in [4.69, 9.17) is 0 Å². The molecule has 1 N–H and O–H groups in total. The predicted molar refractivity (Wildman–Crippen MR) is 59.9 cm³/mol. The minimum absolute atomic E-state index is 0.0241. The maximum absolute atomic E-state index is 11.2. The summed E-state index contributed by atoms with van der Waals surface area (Å²) in [4.78, 5) is 18.2. The van der Waals surface area contributed by atoms with Gasteiger partial charge in [0.05, 0.1) is 0 Å². The van der Waals surface area contributed by atoms with E-state index in [-0.39, 0.29) is 5.56 Å². The molecule has 0 aliphatic heterocycles. The summed E-state index contributed by atoms with van der Waals surface area (Å²) in [6.07, 6.45) is 7.63. The van der Waals surface area contributed by atoms with Crippen molar-refractivity contribution >= 4 is 0 Å². The molecule has 1 aliphatic carbocycles. The first kappa shape index (κ1) is 10.4. The molecule has 15 heavy (non-hydrogen) atoms. The van der Waals surface area contributed by atoms with E-state index >= 15 is 0 Å². The van der Waals surface area contributed by atoms with Crippen LogP contribution in [-0.2, 0) is 6.42 Å². The Morgan fingerprint density at radius 2 is 2.20 bits per heavy atom. The maximum Gasteiger partial charge on any atom is 0.251 e. The first-order valence-electron chi connectivity index (χ1n) is 5.81. The fourth-order valence-corrected chi connectivity index (χ4v) is 2.42. The van der Waals surface area contributed by atoms with E-state index in [2.05, 4.69) is 9.97 Å². The van der Waals surface area contributed by atoms with Crippen LogP contribution in [0.5, 0.6) is 0 Å². The molecule has 0 atom stereocenters. The Bertz CT molecular complexity index is 377. The molecular formula is C12H18N2O. The summed E-state index contributed by atoms with van der Waals surface area (Å²) >= 11 is 0. The van der Waals surface area contributed by atoms with Gasteiger partial charge in [-0.15, -0.1) is 0 Å². The molecule has 0 spiro atoms. The molecule has 1 fully saturated rings. The third-order valence-corrected chi connectivity index (χ3v) is 3.20. The highest BCUT2D eigenvalue weighted by Crippen LogP contribution is 2.28. The van der Waals surface area contributed by atoms with E-state index < -0.39 is 0 Å². The Kier molecular flexibility index (Phi) is 3.19. The Morgan fingerprint density at radius 1 is 1.47 bits per heavy atom. The first-order chi connectivity index (χ1) is 7.24. The van der Waals surface area contributed by atoms with Crippen molar-refractivity contribution in [1.29, 1.82) is 0 Å². The quantitative estimate of drug-likeness (QED) is 0.824. The largest absolute Gasteiger partial charge is 0.311 e. The summed E-state index contributed by atoms with van der Waals surface area (Å²) in [5.74, 6) is 1.59. The van der Waals surface area contributed by atoms with E-state index in [1.807, 2.05) is 6.92 Å². The van der Waals surface area contributed by atoms with Crippen LogP contribution in [-0.4, -0.2) is 9.97 Å². The maximum atomic E-state index is 11.2. The highest BCUT2D eigenvalue weighted by Gasteiger charge is 2.14. The molecular weight excluding hydrogens is 188 g/mol. The second-order valence-electron chi connectivity index (χ2n) is 4.51. The van der Waals surface area contributed by atoms with Crippen molar-refractivity contribution in [2.45, 2.75) is 45.4 Å². The van der Waals surface area contributed by atoms with Gasteiger partial charge in [-0.2, -0.15) is 0 Å². The molecule has 0 unspecified atom stereocenters. The van der Waals surface area contributed by atoms with Crippen LogP contribution in [0.4, 0.5) is 0 Å². The third-order valence-electron chi connectivity index (χ3n) is 3.20. The van der Waals surface area contributed by atoms with Crippen LogP contribution in [0.2, 0.25) is 0 Å². The third kappa shape index (κ3) is 2.91. The summed E-state index contributed by atoms with van der Waals surface area (Å²) in [6.45, 7) is 1.83. The van der Waals surface area contributed by atoms with Crippen LogP contribution >= 0.6 is 0 Å². The summed E-state index contributed by atoms with van der Waals surface area (Å²) in [6, 6.07) is 1.63. The van der Waals surface area contributed by atoms with Crippen molar-refractivity contribution in [3.05, 3.63) is 27.9 Å². The lowest BCUT2D eigenvalue weighted by Crippen LogP contribution is -2.11. The number of aromatic amines is 1. The number of aryl methyl sites for hydroxylation is 2. The van der Waals surface area contributed by atoms with Crippen LogP contribution in [0.3, 0.4) is 0 Å². The summed E-state index contributed by atoms with van der Waals surface area (Å²) in [5.41, 5.74) is 0.923. The molecule has 0 saturated heterocycles. The number of hydrogen-bond donors (Lipinski definition) is 1. The standard InChI is InChI=1S/C12H18N2O/c1-9-13-11(8-12(15)14-9)7-6-10-4-2-3-5-10/h8,10H,2-7H2,1H3,(H,13,14,15). The van der Waals surface area contributed by atoms with Crippen LogP contribution < -0.4 is 5.56 Å². The molecule has 2 rings (SSSR count). The van der Waals surface area contributed by atoms with Crippen LogP contribution in [0.1, 0.15) is 43.6 Å². The molecule has 3 heteroatoms. The smallest absolute Gasteiger partial charge is 0.251 e. The van der Waals surface area contributed by atoms with Gasteiger partial charge in [0.15, 0.2) is 0 Å². The lowest BCUT2D eigenvalue weighted by Gasteiger charge is -2.07. The van der Waals surface area contributed by atoms with Gasteiger partial charge in [0.2, 0.25) is 0 Å². The lowest BCUT2D eigenvalue weighted by atomic mass is 10.0. The van der Waals surface area contributed by atoms with Crippen molar-refractivity contribution in [2.75, 3.05) is 0 Å². The van der Waals surface area contributed by atoms with Crippen molar-refractivity contribution in [2.24, 2.45) is 5.92 Å². The predicted octanol–water partition coefficient (Wildman–Crippen LogP) is 2.20. The van der Waals surface area contributed by atoms with Gasteiger partial charge in [0, 0.05) is 11.8 Å². The van der Waals surface area contributed by atoms with Gasteiger partial charge in [0.1, 0.15) is 5.82 Å². The SMILES string of the molecule is Cc1nc(CCC2CCCC2)cc(=O)[nH]1. The second kappa shape index (κ2) is 4.60. The zero-order valence-corrected chi connectivity index (χ0v) is 9.25. The minimum Gasteiger partial charge on any atom is -0.311 e. The highest BCUT2D eigenvalue weighted by molar-refractivity contribution is 5.02. The van der Waals surface area contributed by atoms with Gasteiger partial charge in [-0.25, -0.2) is 4.98 Å². The average molecular weight is 206 g/mol. The number of nitrogens with zero attached hydrogens (tertiary/aromatic N) is 1. The molecule has 0 amide bonds. The Balaban J connectivity index is 1.95. The normalized spacial score (nSPS) is 17.1.